The van der Waals surface area contributed by atoms with Gasteiger partial charge in [0.2, 0.25) is 0 Å². The van der Waals surface area contributed by atoms with Crippen LogP contribution in [-0.4, -0.2) is 32.8 Å². The van der Waals surface area contributed by atoms with Crippen LogP contribution in [-0.2, 0) is 4.79 Å². The molecule has 21 heavy (non-hydrogen) atoms. The molecule has 106 valence electrons. The number of carbonyl (C=O) groups is 1. The Balaban J connectivity index is 1.93. The van der Waals surface area contributed by atoms with Gasteiger partial charge in [0, 0.05) is 6.07 Å². The Morgan fingerprint density at radius 2 is 2.05 bits per heavy atom. The van der Waals surface area contributed by atoms with Crippen molar-refractivity contribution in [2.45, 2.75) is 0 Å². The molecule has 0 saturated carbocycles. The third-order valence-electron chi connectivity index (χ3n) is 2.98. The Bertz CT molecular complexity index is 777. The number of H-pyrrole nitrogens is 1. The van der Waals surface area contributed by atoms with Gasteiger partial charge in [-0.2, -0.15) is 0 Å². The number of aromatic amines is 1. The van der Waals surface area contributed by atoms with Crippen LogP contribution in [0, 0.1) is 0 Å². The van der Waals surface area contributed by atoms with Crippen LogP contribution in [0.25, 0.3) is 22.4 Å². The number of aliphatic carboxylic acids is 1. The van der Waals surface area contributed by atoms with Gasteiger partial charge < -0.3 is 19.9 Å². The van der Waals surface area contributed by atoms with E-state index >= 15 is 0 Å². The number of benzene rings is 2. The van der Waals surface area contributed by atoms with Crippen LogP contribution in [0.1, 0.15) is 0 Å². The summed E-state index contributed by atoms with van der Waals surface area (Å²) in [6, 6.07) is 12.1. The van der Waals surface area contributed by atoms with E-state index in [9.17, 15) is 9.90 Å². The monoisotopic (exact) mass is 284 g/mol. The molecule has 3 aromatic rings. The Morgan fingerprint density at radius 3 is 2.76 bits per heavy atom. The molecule has 0 bridgehead atoms. The van der Waals surface area contributed by atoms with Crippen LogP contribution >= 0.6 is 0 Å². The minimum Gasteiger partial charge on any atom is -0.507 e. The third kappa shape index (κ3) is 2.64. The molecule has 0 unspecified atom stereocenters. The van der Waals surface area contributed by atoms with Crippen LogP contribution in [0.3, 0.4) is 0 Å². The van der Waals surface area contributed by atoms with E-state index in [2.05, 4.69) is 9.97 Å². The molecule has 1 aromatic heterocycles. The lowest BCUT2D eigenvalue weighted by Gasteiger charge is -2.06. The van der Waals surface area contributed by atoms with Crippen LogP contribution in [0.5, 0.6) is 11.5 Å². The highest BCUT2D eigenvalue weighted by molar-refractivity contribution is 5.80. The van der Waals surface area contributed by atoms with Gasteiger partial charge in [-0.1, -0.05) is 12.1 Å². The average molecular weight is 284 g/mol. The lowest BCUT2D eigenvalue weighted by Crippen LogP contribution is -2.09. The van der Waals surface area contributed by atoms with Gasteiger partial charge in [0.25, 0.3) is 0 Å². The Labute approximate surface area is 119 Å². The number of aromatic hydroxyl groups is 1. The maximum Gasteiger partial charge on any atom is 0.341 e. The van der Waals surface area contributed by atoms with Gasteiger partial charge in [-0.15, -0.1) is 0 Å². The van der Waals surface area contributed by atoms with Gasteiger partial charge in [0.15, 0.2) is 6.61 Å². The molecule has 0 fully saturated rings. The summed E-state index contributed by atoms with van der Waals surface area (Å²) >= 11 is 0. The summed E-state index contributed by atoms with van der Waals surface area (Å²) in [6.07, 6.45) is 0. The first-order chi connectivity index (χ1) is 10.1. The molecular formula is C15H12N2O4. The van der Waals surface area contributed by atoms with Crippen LogP contribution in [0.2, 0.25) is 0 Å². The standard InChI is InChI=1S/C15H12N2O4/c18-13-7-9(21-8-14(19)20)5-6-10(13)15-16-11-3-1-2-4-12(11)17-15/h1-7,18H,8H2,(H,16,17)(H,19,20). The van der Waals surface area contributed by atoms with Crippen molar-refractivity contribution >= 4 is 17.0 Å². The van der Waals surface area contributed by atoms with Crippen molar-refractivity contribution in [1.29, 1.82) is 0 Å². The number of rotatable bonds is 4. The summed E-state index contributed by atoms with van der Waals surface area (Å²) in [5.74, 6) is -0.277. The molecule has 1 heterocycles. The number of ether oxygens (including phenoxy) is 1. The van der Waals surface area contributed by atoms with E-state index in [4.69, 9.17) is 9.84 Å². The zero-order valence-corrected chi connectivity index (χ0v) is 10.9. The molecule has 0 aliphatic carbocycles. The zero-order chi connectivity index (χ0) is 14.8. The van der Waals surface area contributed by atoms with Crippen molar-refractivity contribution in [1.82, 2.24) is 9.97 Å². The number of hydrogen-bond acceptors (Lipinski definition) is 4. The number of para-hydroxylation sites is 2. The van der Waals surface area contributed by atoms with Crippen molar-refractivity contribution in [2.75, 3.05) is 6.61 Å². The van der Waals surface area contributed by atoms with Gasteiger partial charge in [-0.3, -0.25) is 0 Å². The second-order valence-corrected chi connectivity index (χ2v) is 4.46. The molecule has 0 saturated heterocycles. The Morgan fingerprint density at radius 1 is 1.24 bits per heavy atom. The van der Waals surface area contributed by atoms with Crippen LogP contribution in [0.4, 0.5) is 0 Å². The van der Waals surface area contributed by atoms with Gasteiger partial charge in [0.05, 0.1) is 16.6 Å². The molecule has 6 nitrogen and oxygen atoms in total. The fourth-order valence-corrected chi connectivity index (χ4v) is 2.03. The van der Waals surface area contributed by atoms with Crippen molar-refractivity contribution in [2.24, 2.45) is 0 Å². The first kappa shape index (κ1) is 13.0. The largest absolute Gasteiger partial charge is 0.507 e. The summed E-state index contributed by atoms with van der Waals surface area (Å²) in [7, 11) is 0. The number of imidazole rings is 1. The fourth-order valence-electron chi connectivity index (χ4n) is 2.03. The van der Waals surface area contributed by atoms with Crippen LogP contribution < -0.4 is 4.74 Å². The number of phenols is 1. The summed E-state index contributed by atoms with van der Waals surface area (Å²) in [6.45, 7) is -0.455. The summed E-state index contributed by atoms with van der Waals surface area (Å²) in [5.41, 5.74) is 2.20. The summed E-state index contributed by atoms with van der Waals surface area (Å²) in [4.78, 5) is 18.0. The maximum absolute atomic E-state index is 10.4. The van der Waals surface area contributed by atoms with E-state index < -0.39 is 12.6 Å². The van der Waals surface area contributed by atoms with Gasteiger partial charge >= 0.3 is 5.97 Å². The summed E-state index contributed by atoms with van der Waals surface area (Å²) < 4.78 is 5.01. The minimum atomic E-state index is -1.07. The Hall–Kier alpha value is -3.02. The zero-order valence-electron chi connectivity index (χ0n) is 10.9. The van der Waals surface area contributed by atoms with Gasteiger partial charge in [-0.25, -0.2) is 9.78 Å². The molecule has 3 rings (SSSR count). The first-order valence-electron chi connectivity index (χ1n) is 6.26. The van der Waals surface area contributed by atoms with E-state index in [1.165, 1.54) is 6.07 Å². The van der Waals surface area contributed by atoms with E-state index in [1.54, 1.807) is 12.1 Å². The van der Waals surface area contributed by atoms with E-state index in [-0.39, 0.29) is 11.5 Å². The number of carboxylic acid groups (broad SMARTS) is 1. The van der Waals surface area contributed by atoms with Crippen molar-refractivity contribution in [3.05, 3.63) is 42.5 Å². The van der Waals surface area contributed by atoms with E-state index in [0.29, 0.717) is 11.4 Å². The third-order valence-corrected chi connectivity index (χ3v) is 2.98. The number of hydrogen-bond donors (Lipinski definition) is 3. The fraction of sp³-hybridized carbons (Fsp3) is 0.0667. The molecule has 0 amide bonds. The average Bonchev–Trinajstić information content (AvgIpc) is 2.88. The van der Waals surface area contributed by atoms with Crippen molar-refractivity contribution in [3.63, 3.8) is 0 Å². The highest BCUT2D eigenvalue weighted by Crippen LogP contribution is 2.31. The minimum absolute atomic E-state index is 0.0306. The predicted octanol–water partition coefficient (Wildman–Crippen LogP) is 2.40. The summed E-state index contributed by atoms with van der Waals surface area (Å²) in [5, 5.41) is 18.6. The SMILES string of the molecule is O=C(O)COc1ccc(-c2nc3ccccc3[nH]2)c(O)c1. The van der Waals surface area contributed by atoms with Crippen molar-refractivity contribution in [3.8, 4) is 22.9 Å². The predicted molar refractivity (Wildman–Crippen MR) is 76.3 cm³/mol. The molecule has 2 aromatic carbocycles. The quantitative estimate of drug-likeness (QED) is 0.683. The number of nitrogens with one attached hydrogen (secondary N) is 1. The lowest BCUT2D eigenvalue weighted by atomic mass is 10.2. The molecule has 0 radical (unpaired) electrons. The second kappa shape index (κ2) is 5.16. The molecule has 0 aliphatic heterocycles. The highest BCUT2D eigenvalue weighted by atomic mass is 16.5. The Kier molecular flexibility index (Phi) is 3.19. The number of aromatic nitrogens is 2. The highest BCUT2D eigenvalue weighted by Gasteiger charge is 2.11. The maximum atomic E-state index is 10.4. The molecule has 0 aliphatic rings. The molecule has 0 spiro atoms. The molecule has 3 N–H and O–H groups in total. The first-order valence-corrected chi connectivity index (χ1v) is 6.26. The van der Waals surface area contributed by atoms with Gasteiger partial charge in [0.1, 0.15) is 17.3 Å². The number of phenolic OH excluding ortho intramolecular Hbond substituents is 1. The van der Waals surface area contributed by atoms with Crippen LogP contribution in [0.15, 0.2) is 42.5 Å². The molecule has 0 atom stereocenters. The van der Waals surface area contributed by atoms with Gasteiger partial charge in [-0.05, 0) is 24.3 Å². The van der Waals surface area contributed by atoms with Crippen molar-refractivity contribution < 1.29 is 19.7 Å². The smallest absolute Gasteiger partial charge is 0.341 e. The van der Waals surface area contributed by atoms with E-state index in [1.807, 2.05) is 24.3 Å². The number of carboxylic acids is 1. The van der Waals surface area contributed by atoms with E-state index in [0.717, 1.165) is 11.0 Å². The molecular weight excluding hydrogens is 272 g/mol. The normalized spacial score (nSPS) is 10.7. The number of nitrogens with zero attached hydrogens (tertiary/aromatic N) is 1. The topological polar surface area (TPSA) is 95.4 Å². The number of fused-ring (bicyclic) bond motifs is 1. The second-order valence-electron chi connectivity index (χ2n) is 4.46. The molecule has 6 heteroatoms. The lowest BCUT2D eigenvalue weighted by molar-refractivity contribution is -0.139.